The van der Waals surface area contributed by atoms with E-state index in [1.54, 1.807) is 23.5 Å². The van der Waals surface area contributed by atoms with Crippen molar-refractivity contribution >= 4 is 17.2 Å². The van der Waals surface area contributed by atoms with Crippen molar-refractivity contribution in [2.24, 2.45) is 0 Å². The lowest BCUT2D eigenvalue weighted by molar-refractivity contribution is -0.0805. The number of imidazole rings is 1. The van der Waals surface area contributed by atoms with Crippen LogP contribution in [0.25, 0.3) is 10.6 Å². The SMILES string of the molecule is O=C(c1ccco1)N1CC[C@]2(C1)Cn1c(-c3cccs3)cnc1CO2. The Morgan fingerprint density at radius 3 is 3.04 bits per heavy atom. The van der Waals surface area contributed by atoms with Gasteiger partial charge in [-0.2, -0.15) is 0 Å². The standard InChI is InChI=1S/C18H17N3O3S/c22-17(14-3-1-7-23-14)20-6-5-18(11-20)12-21-13(15-4-2-8-25-15)9-19-16(21)10-24-18/h1-4,7-9H,5-6,10-12H2/t18-/m0/s1. The summed E-state index contributed by atoms with van der Waals surface area (Å²) in [5.74, 6) is 1.26. The average molecular weight is 355 g/mol. The summed E-state index contributed by atoms with van der Waals surface area (Å²) in [5, 5.41) is 2.07. The lowest BCUT2D eigenvalue weighted by Gasteiger charge is -2.35. The highest BCUT2D eigenvalue weighted by molar-refractivity contribution is 7.13. The number of hydrogen-bond donors (Lipinski definition) is 0. The van der Waals surface area contributed by atoms with E-state index in [4.69, 9.17) is 9.15 Å². The first kappa shape index (κ1) is 14.9. The van der Waals surface area contributed by atoms with Gasteiger partial charge in [0.15, 0.2) is 5.76 Å². The molecule has 5 heterocycles. The van der Waals surface area contributed by atoms with Crippen molar-refractivity contribution in [1.82, 2.24) is 14.5 Å². The van der Waals surface area contributed by atoms with Crippen molar-refractivity contribution in [3.8, 4) is 10.6 Å². The molecule has 7 heteroatoms. The van der Waals surface area contributed by atoms with Crippen molar-refractivity contribution < 1.29 is 13.9 Å². The average Bonchev–Trinajstić information content (AvgIpc) is 3.41. The molecule has 0 N–H and O–H groups in total. The number of carbonyl (C=O) groups excluding carboxylic acids is 1. The van der Waals surface area contributed by atoms with Crippen LogP contribution in [0.1, 0.15) is 22.8 Å². The summed E-state index contributed by atoms with van der Waals surface area (Å²) in [4.78, 5) is 20.1. The molecule has 2 aliphatic heterocycles. The van der Waals surface area contributed by atoms with Gasteiger partial charge in [0.2, 0.25) is 0 Å². The molecule has 1 atom stereocenters. The molecule has 1 saturated heterocycles. The summed E-state index contributed by atoms with van der Waals surface area (Å²) in [5.41, 5.74) is 0.783. The van der Waals surface area contributed by atoms with Crippen LogP contribution < -0.4 is 0 Å². The van der Waals surface area contributed by atoms with Gasteiger partial charge in [-0.15, -0.1) is 11.3 Å². The summed E-state index contributed by atoms with van der Waals surface area (Å²) in [6, 6.07) is 7.60. The van der Waals surface area contributed by atoms with E-state index >= 15 is 0 Å². The zero-order chi connectivity index (χ0) is 16.9. The molecular formula is C18H17N3O3S. The predicted octanol–water partition coefficient (Wildman–Crippen LogP) is 3.02. The van der Waals surface area contributed by atoms with Gasteiger partial charge in [-0.05, 0) is 30.0 Å². The van der Waals surface area contributed by atoms with E-state index in [2.05, 4.69) is 21.0 Å². The van der Waals surface area contributed by atoms with E-state index in [1.165, 1.54) is 11.1 Å². The minimum absolute atomic E-state index is 0.0691. The quantitative estimate of drug-likeness (QED) is 0.709. The van der Waals surface area contributed by atoms with Crippen LogP contribution in [0, 0.1) is 0 Å². The van der Waals surface area contributed by atoms with Crippen LogP contribution in [0.2, 0.25) is 0 Å². The summed E-state index contributed by atoms with van der Waals surface area (Å²) < 4.78 is 13.7. The molecule has 0 unspecified atom stereocenters. The minimum Gasteiger partial charge on any atom is -0.459 e. The first-order chi connectivity index (χ1) is 12.2. The van der Waals surface area contributed by atoms with Crippen molar-refractivity contribution in [2.45, 2.75) is 25.2 Å². The number of fused-ring (bicyclic) bond motifs is 1. The summed E-state index contributed by atoms with van der Waals surface area (Å²) in [6.45, 7) is 2.46. The molecule has 0 saturated carbocycles. The van der Waals surface area contributed by atoms with E-state index in [1.807, 2.05) is 17.2 Å². The van der Waals surface area contributed by atoms with Crippen LogP contribution in [-0.4, -0.2) is 39.0 Å². The zero-order valence-electron chi connectivity index (χ0n) is 13.6. The molecule has 0 aromatic carbocycles. The molecule has 3 aromatic heterocycles. The number of nitrogens with zero attached hydrogens (tertiary/aromatic N) is 3. The van der Waals surface area contributed by atoms with E-state index in [0.29, 0.717) is 25.5 Å². The molecule has 128 valence electrons. The molecule has 3 aromatic rings. The number of likely N-dealkylation sites (tertiary alicyclic amines) is 1. The Balaban J connectivity index is 1.40. The van der Waals surface area contributed by atoms with Gasteiger partial charge in [-0.3, -0.25) is 4.79 Å². The topological polar surface area (TPSA) is 60.5 Å². The van der Waals surface area contributed by atoms with Gasteiger partial charge in [-0.25, -0.2) is 4.98 Å². The van der Waals surface area contributed by atoms with Crippen molar-refractivity contribution in [1.29, 1.82) is 0 Å². The molecule has 2 aliphatic rings. The van der Waals surface area contributed by atoms with Crippen LogP contribution in [-0.2, 0) is 17.9 Å². The van der Waals surface area contributed by atoms with Crippen LogP contribution in [0.3, 0.4) is 0 Å². The maximum absolute atomic E-state index is 12.5. The normalized spacial score (nSPS) is 22.5. The number of ether oxygens (including phenoxy) is 1. The molecule has 0 bridgehead atoms. The van der Waals surface area contributed by atoms with Crippen molar-refractivity contribution in [3.05, 3.63) is 53.7 Å². The molecule has 5 rings (SSSR count). The van der Waals surface area contributed by atoms with Gasteiger partial charge >= 0.3 is 0 Å². The lowest BCUT2D eigenvalue weighted by Crippen LogP contribution is -2.45. The Labute approximate surface area is 148 Å². The Morgan fingerprint density at radius 1 is 1.28 bits per heavy atom. The smallest absolute Gasteiger partial charge is 0.289 e. The predicted molar refractivity (Wildman–Crippen MR) is 92.3 cm³/mol. The molecular weight excluding hydrogens is 338 g/mol. The van der Waals surface area contributed by atoms with Crippen LogP contribution in [0.15, 0.2) is 46.5 Å². The summed E-state index contributed by atoms with van der Waals surface area (Å²) >= 11 is 1.71. The third-order valence-corrected chi connectivity index (χ3v) is 5.89. The van der Waals surface area contributed by atoms with E-state index < -0.39 is 0 Å². The van der Waals surface area contributed by atoms with Gasteiger partial charge in [0.1, 0.15) is 18.0 Å². The number of rotatable bonds is 2. The first-order valence-electron chi connectivity index (χ1n) is 8.29. The van der Waals surface area contributed by atoms with Gasteiger partial charge in [0.25, 0.3) is 5.91 Å². The second-order valence-electron chi connectivity index (χ2n) is 6.55. The number of furan rings is 1. The van der Waals surface area contributed by atoms with E-state index in [0.717, 1.165) is 24.5 Å². The van der Waals surface area contributed by atoms with E-state index in [9.17, 15) is 4.79 Å². The molecule has 1 amide bonds. The molecule has 1 spiro atoms. The monoisotopic (exact) mass is 355 g/mol. The Bertz CT molecular complexity index is 900. The van der Waals surface area contributed by atoms with Gasteiger partial charge in [-0.1, -0.05) is 6.07 Å². The minimum atomic E-state index is -0.345. The largest absolute Gasteiger partial charge is 0.459 e. The number of thiophene rings is 1. The fourth-order valence-corrected chi connectivity index (χ4v) is 4.44. The highest BCUT2D eigenvalue weighted by Crippen LogP contribution is 2.36. The fraction of sp³-hybridized carbons (Fsp3) is 0.333. The third-order valence-electron chi connectivity index (χ3n) is 5.00. The lowest BCUT2D eigenvalue weighted by atomic mass is 10.0. The Kier molecular flexibility index (Phi) is 3.33. The maximum atomic E-state index is 12.5. The third kappa shape index (κ3) is 2.42. The molecule has 6 nitrogen and oxygen atoms in total. The zero-order valence-corrected chi connectivity index (χ0v) is 14.4. The Hall–Kier alpha value is -2.38. The van der Waals surface area contributed by atoms with Crippen LogP contribution in [0.4, 0.5) is 0 Å². The number of amides is 1. The molecule has 0 aliphatic carbocycles. The maximum Gasteiger partial charge on any atom is 0.289 e. The Morgan fingerprint density at radius 2 is 2.24 bits per heavy atom. The van der Waals surface area contributed by atoms with Crippen LogP contribution in [0.5, 0.6) is 0 Å². The summed E-state index contributed by atoms with van der Waals surface area (Å²) in [7, 11) is 0. The fourth-order valence-electron chi connectivity index (χ4n) is 3.70. The second kappa shape index (κ2) is 5.57. The van der Waals surface area contributed by atoms with E-state index in [-0.39, 0.29) is 11.5 Å². The second-order valence-corrected chi connectivity index (χ2v) is 7.50. The molecule has 1 fully saturated rings. The molecule has 25 heavy (non-hydrogen) atoms. The highest BCUT2D eigenvalue weighted by Gasteiger charge is 2.45. The van der Waals surface area contributed by atoms with Gasteiger partial charge in [0.05, 0.1) is 36.1 Å². The van der Waals surface area contributed by atoms with Crippen LogP contribution >= 0.6 is 11.3 Å². The number of hydrogen-bond acceptors (Lipinski definition) is 5. The number of carbonyl (C=O) groups is 1. The van der Waals surface area contributed by atoms with Crippen molar-refractivity contribution in [2.75, 3.05) is 13.1 Å². The first-order valence-corrected chi connectivity index (χ1v) is 9.17. The number of aromatic nitrogens is 2. The van der Waals surface area contributed by atoms with Gasteiger partial charge < -0.3 is 18.6 Å². The highest BCUT2D eigenvalue weighted by atomic mass is 32.1. The summed E-state index contributed by atoms with van der Waals surface area (Å²) in [6.07, 6.45) is 4.27. The van der Waals surface area contributed by atoms with Crippen molar-refractivity contribution in [3.63, 3.8) is 0 Å². The van der Waals surface area contributed by atoms with Gasteiger partial charge in [0, 0.05) is 6.54 Å². The molecule has 0 radical (unpaired) electrons.